The number of H-pyrrole nitrogens is 1. The van der Waals surface area contributed by atoms with Gasteiger partial charge >= 0.3 is 0 Å². The van der Waals surface area contributed by atoms with Gasteiger partial charge in [-0.05, 0) is 25.1 Å². The molecule has 1 aromatic rings. The van der Waals surface area contributed by atoms with Gasteiger partial charge in [0.25, 0.3) is 5.56 Å². The monoisotopic (exact) mass is 212 g/mol. The molecule has 4 heteroatoms. The maximum Gasteiger partial charge on any atom is 0.251 e. The van der Waals surface area contributed by atoms with Gasteiger partial charge in [0.15, 0.2) is 4.77 Å². The van der Waals surface area contributed by atoms with Crippen LogP contribution in [0.3, 0.4) is 0 Å². The zero-order valence-electron chi connectivity index (χ0n) is 8.67. The quantitative estimate of drug-likeness (QED) is 0.777. The van der Waals surface area contributed by atoms with Crippen LogP contribution in [0.5, 0.6) is 0 Å². The highest BCUT2D eigenvalue weighted by molar-refractivity contribution is 7.71. The normalized spacial score (nSPS) is 10.4. The van der Waals surface area contributed by atoms with E-state index in [4.69, 9.17) is 12.2 Å². The van der Waals surface area contributed by atoms with Crippen molar-refractivity contribution in [1.29, 1.82) is 0 Å². The molecule has 0 radical (unpaired) electrons. The van der Waals surface area contributed by atoms with Gasteiger partial charge in [0.05, 0.1) is 0 Å². The van der Waals surface area contributed by atoms with Gasteiger partial charge < -0.3 is 4.57 Å². The van der Waals surface area contributed by atoms with Crippen molar-refractivity contribution in [3.8, 4) is 0 Å². The second kappa shape index (κ2) is 5.10. The molecule has 0 saturated carbocycles. The Labute approximate surface area is 88.8 Å². The van der Waals surface area contributed by atoms with E-state index >= 15 is 0 Å². The van der Waals surface area contributed by atoms with Crippen LogP contribution in [0.1, 0.15) is 32.4 Å². The molecular weight excluding hydrogens is 196 g/mol. The summed E-state index contributed by atoms with van der Waals surface area (Å²) in [5, 5.41) is 0. The highest BCUT2D eigenvalue weighted by Crippen LogP contribution is 2.02. The van der Waals surface area contributed by atoms with E-state index in [9.17, 15) is 4.79 Å². The van der Waals surface area contributed by atoms with Crippen molar-refractivity contribution < 1.29 is 0 Å². The fourth-order valence-electron chi connectivity index (χ4n) is 1.50. The lowest BCUT2D eigenvalue weighted by molar-refractivity contribution is 0.607. The molecule has 1 N–H and O–H groups in total. The van der Waals surface area contributed by atoms with Gasteiger partial charge in [0, 0.05) is 18.3 Å². The Morgan fingerprint density at radius 2 is 2.14 bits per heavy atom. The van der Waals surface area contributed by atoms with Gasteiger partial charge in [-0.1, -0.05) is 20.3 Å². The second-order valence-corrected chi connectivity index (χ2v) is 3.72. The minimum atomic E-state index is -0.0918. The van der Waals surface area contributed by atoms with Crippen LogP contribution in [-0.4, -0.2) is 9.55 Å². The van der Waals surface area contributed by atoms with Crippen LogP contribution < -0.4 is 5.56 Å². The van der Waals surface area contributed by atoms with Crippen LogP contribution in [0.25, 0.3) is 0 Å². The molecule has 14 heavy (non-hydrogen) atoms. The van der Waals surface area contributed by atoms with E-state index < -0.39 is 0 Å². The predicted molar refractivity (Wildman–Crippen MR) is 60.2 cm³/mol. The van der Waals surface area contributed by atoms with Crippen molar-refractivity contribution in [2.45, 2.75) is 39.7 Å². The molecule has 78 valence electrons. The minimum Gasteiger partial charge on any atom is -0.322 e. The third kappa shape index (κ3) is 2.54. The van der Waals surface area contributed by atoms with Crippen LogP contribution in [0.4, 0.5) is 0 Å². The molecule has 0 atom stereocenters. The van der Waals surface area contributed by atoms with Crippen LogP contribution in [-0.2, 0) is 13.0 Å². The average molecular weight is 212 g/mol. The summed E-state index contributed by atoms with van der Waals surface area (Å²) in [5.41, 5.74) is 0.953. The highest BCUT2D eigenvalue weighted by Gasteiger charge is 2.01. The van der Waals surface area contributed by atoms with Gasteiger partial charge in [-0.3, -0.25) is 9.78 Å². The standard InChI is InChI=1S/C10H16N2OS/c1-3-5-8-7-9(13)11-10(14)12(8)6-4-2/h7H,3-6H2,1-2H3,(H,11,13,14). The molecule has 0 aliphatic heterocycles. The summed E-state index contributed by atoms with van der Waals surface area (Å²) in [6.07, 6.45) is 2.96. The first-order valence-electron chi connectivity index (χ1n) is 5.02. The maximum absolute atomic E-state index is 11.2. The summed E-state index contributed by atoms with van der Waals surface area (Å²) < 4.78 is 2.56. The molecular formula is C10H16N2OS. The molecule has 0 unspecified atom stereocenters. The zero-order valence-corrected chi connectivity index (χ0v) is 9.49. The van der Waals surface area contributed by atoms with Crippen LogP contribution in [0.2, 0.25) is 0 Å². The third-order valence-corrected chi connectivity index (χ3v) is 2.40. The van der Waals surface area contributed by atoms with Crippen LogP contribution in [0, 0.1) is 4.77 Å². The highest BCUT2D eigenvalue weighted by atomic mass is 32.1. The topological polar surface area (TPSA) is 37.8 Å². The Morgan fingerprint density at radius 1 is 1.43 bits per heavy atom. The first-order chi connectivity index (χ1) is 6.69. The number of hydrogen-bond acceptors (Lipinski definition) is 2. The van der Waals surface area contributed by atoms with E-state index in [2.05, 4.69) is 18.8 Å². The number of rotatable bonds is 4. The van der Waals surface area contributed by atoms with E-state index in [1.807, 2.05) is 4.57 Å². The van der Waals surface area contributed by atoms with Crippen LogP contribution in [0.15, 0.2) is 10.9 Å². The number of aromatic nitrogens is 2. The second-order valence-electron chi connectivity index (χ2n) is 3.33. The summed E-state index contributed by atoms with van der Waals surface area (Å²) >= 11 is 5.11. The largest absolute Gasteiger partial charge is 0.322 e. The number of aromatic amines is 1. The summed E-state index contributed by atoms with van der Waals surface area (Å²) in [4.78, 5) is 13.9. The van der Waals surface area contributed by atoms with Gasteiger partial charge in [-0.2, -0.15) is 0 Å². The molecule has 0 fully saturated rings. The minimum absolute atomic E-state index is 0.0918. The van der Waals surface area contributed by atoms with Crippen molar-refractivity contribution in [1.82, 2.24) is 9.55 Å². The van der Waals surface area contributed by atoms with Crippen molar-refractivity contribution in [3.63, 3.8) is 0 Å². The summed E-state index contributed by atoms with van der Waals surface area (Å²) in [6.45, 7) is 5.08. The Kier molecular flexibility index (Phi) is 4.07. The van der Waals surface area contributed by atoms with E-state index in [1.54, 1.807) is 6.07 Å². The van der Waals surface area contributed by atoms with E-state index in [-0.39, 0.29) is 5.56 Å². The molecule has 1 heterocycles. The van der Waals surface area contributed by atoms with Gasteiger partial charge in [-0.25, -0.2) is 0 Å². The van der Waals surface area contributed by atoms with E-state index in [0.29, 0.717) is 4.77 Å². The Balaban J connectivity index is 3.21. The van der Waals surface area contributed by atoms with Crippen molar-refractivity contribution in [2.24, 2.45) is 0 Å². The van der Waals surface area contributed by atoms with Gasteiger partial charge in [0.2, 0.25) is 0 Å². The summed E-state index contributed by atoms with van der Waals surface area (Å²) in [6, 6.07) is 1.65. The molecule has 3 nitrogen and oxygen atoms in total. The fraction of sp³-hybridized carbons (Fsp3) is 0.600. The van der Waals surface area contributed by atoms with Gasteiger partial charge in [-0.15, -0.1) is 0 Å². The Hall–Kier alpha value is -0.900. The average Bonchev–Trinajstić information content (AvgIpc) is 2.11. The summed E-state index contributed by atoms with van der Waals surface area (Å²) in [7, 11) is 0. The number of nitrogens with one attached hydrogen (secondary N) is 1. The van der Waals surface area contributed by atoms with Crippen molar-refractivity contribution >= 4 is 12.2 Å². The molecule has 0 aliphatic rings. The molecule has 1 aromatic heterocycles. The third-order valence-electron chi connectivity index (χ3n) is 2.07. The molecule has 0 saturated heterocycles. The first-order valence-corrected chi connectivity index (χ1v) is 5.43. The summed E-state index contributed by atoms with van der Waals surface area (Å²) in [5.74, 6) is 0. The van der Waals surface area contributed by atoms with E-state index in [1.165, 1.54) is 0 Å². The molecule has 0 amide bonds. The Bertz CT molecular complexity index is 405. The molecule has 0 aliphatic carbocycles. The van der Waals surface area contributed by atoms with Crippen LogP contribution >= 0.6 is 12.2 Å². The first kappa shape index (κ1) is 11.2. The lowest BCUT2D eigenvalue weighted by Gasteiger charge is -2.11. The van der Waals surface area contributed by atoms with E-state index in [0.717, 1.165) is 31.5 Å². The fourth-order valence-corrected chi connectivity index (χ4v) is 1.81. The van der Waals surface area contributed by atoms with Crippen molar-refractivity contribution in [3.05, 3.63) is 26.9 Å². The lowest BCUT2D eigenvalue weighted by Crippen LogP contribution is -2.16. The molecule has 1 rings (SSSR count). The predicted octanol–water partition coefficient (Wildman–Crippen LogP) is 2.27. The molecule has 0 aromatic carbocycles. The lowest BCUT2D eigenvalue weighted by atomic mass is 10.2. The number of aryl methyl sites for hydroxylation is 1. The van der Waals surface area contributed by atoms with Crippen molar-refractivity contribution in [2.75, 3.05) is 0 Å². The smallest absolute Gasteiger partial charge is 0.251 e. The zero-order chi connectivity index (χ0) is 10.6. The molecule has 0 spiro atoms. The number of hydrogen-bond donors (Lipinski definition) is 1. The number of nitrogens with zero attached hydrogens (tertiary/aromatic N) is 1. The van der Waals surface area contributed by atoms with Gasteiger partial charge in [0.1, 0.15) is 0 Å². The SMILES string of the molecule is CCCc1cc(=O)[nH]c(=S)n1CCC. The molecule has 0 bridgehead atoms. The maximum atomic E-state index is 11.2. The Morgan fingerprint density at radius 3 is 2.71 bits per heavy atom.